The molecule has 16 heavy (non-hydrogen) atoms. The van der Waals surface area contributed by atoms with E-state index in [1.54, 1.807) is 0 Å². The van der Waals surface area contributed by atoms with Crippen LogP contribution in [0.3, 0.4) is 0 Å². The fraction of sp³-hybridized carbons (Fsp3) is 0.538. The zero-order valence-electron chi connectivity index (χ0n) is 9.70. The van der Waals surface area contributed by atoms with Gasteiger partial charge in [0.05, 0.1) is 0 Å². The molecule has 1 unspecified atom stereocenters. The minimum atomic E-state index is 0.392. The highest BCUT2D eigenvalue weighted by Gasteiger charge is 2.15. The Morgan fingerprint density at radius 2 is 1.88 bits per heavy atom. The van der Waals surface area contributed by atoms with Crippen LogP contribution in [0, 0.1) is 5.92 Å². The highest BCUT2D eigenvalue weighted by Crippen LogP contribution is 2.37. The zero-order valence-corrected chi connectivity index (χ0v) is 11.3. The van der Waals surface area contributed by atoms with Crippen LogP contribution >= 0.6 is 15.9 Å². The van der Waals surface area contributed by atoms with Gasteiger partial charge in [0.1, 0.15) is 13.2 Å². The van der Waals surface area contributed by atoms with E-state index in [1.807, 2.05) is 6.07 Å². The third kappa shape index (κ3) is 2.70. The van der Waals surface area contributed by atoms with Crippen LogP contribution in [0.25, 0.3) is 0 Å². The number of halogens is 1. The summed E-state index contributed by atoms with van der Waals surface area (Å²) in [4.78, 5) is 0.392. The lowest BCUT2D eigenvalue weighted by molar-refractivity contribution is 0.171. The fourth-order valence-corrected chi connectivity index (χ4v) is 2.84. The molecule has 1 aliphatic rings. The molecule has 3 heteroatoms. The molecule has 0 amide bonds. The number of ether oxygens (including phenoxy) is 2. The number of fused-ring (bicyclic) bond motifs is 1. The van der Waals surface area contributed by atoms with E-state index in [0.717, 1.165) is 17.9 Å². The topological polar surface area (TPSA) is 18.5 Å². The van der Waals surface area contributed by atoms with Crippen LogP contribution in [0.5, 0.6) is 11.5 Å². The Morgan fingerprint density at radius 1 is 1.19 bits per heavy atom. The first kappa shape index (κ1) is 11.8. The van der Waals surface area contributed by atoms with Crippen LogP contribution in [0.4, 0.5) is 0 Å². The van der Waals surface area contributed by atoms with Gasteiger partial charge in [0.15, 0.2) is 11.5 Å². The fourth-order valence-electron chi connectivity index (χ4n) is 1.80. The predicted molar refractivity (Wildman–Crippen MR) is 68.6 cm³/mol. The van der Waals surface area contributed by atoms with Crippen molar-refractivity contribution in [2.75, 3.05) is 13.2 Å². The Balaban J connectivity index is 2.16. The van der Waals surface area contributed by atoms with Crippen molar-refractivity contribution in [1.29, 1.82) is 0 Å². The van der Waals surface area contributed by atoms with E-state index < -0.39 is 0 Å². The smallest absolute Gasteiger partial charge is 0.161 e. The molecule has 0 aromatic heterocycles. The van der Waals surface area contributed by atoms with Crippen LogP contribution in [-0.2, 0) is 0 Å². The lowest BCUT2D eigenvalue weighted by atomic mass is 10.0. The molecule has 88 valence electrons. The van der Waals surface area contributed by atoms with Gasteiger partial charge in [-0.25, -0.2) is 0 Å². The third-order valence-electron chi connectivity index (χ3n) is 2.61. The van der Waals surface area contributed by atoms with Crippen molar-refractivity contribution in [3.63, 3.8) is 0 Å². The first-order valence-electron chi connectivity index (χ1n) is 5.70. The monoisotopic (exact) mass is 284 g/mol. The molecule has 0 spiro atoms. The molecule has 0 bridgehead atoms. The molecule has 0 aliphatic carbocycles. The summed E-state index contributed by atoms with van der Waals surface area (Å²) in [6.07, 6.45) is 1.12. The van der Waals surface area contributed by atoms with Crippen LogP contribution in [0.15, 0.2) is 18.2 Å². The molecule has 0 N–H and O–H groups in total. The Bertz CT molecular complexity index is 363. The molecule has 1 aliphatic heterocycles. The molecule has 1 aromatic carbocycles. The van der Waals surface area contributed by atoms with Gasteiger partial charge in [-0.3, -0.25) is 0 Å². The number of hydrogen-bond donors (Lipinski definition) is 0. The SMILES string of the molecule is CC(C)CC(Br)c1ccc2c(c1)OCCO2. The van der Waals surface area contributed by atoms with Crippen molar-refractivity contribution < 1.29 is 9.47 Å². The van der Waals surface area contributed by atoms with E-state index in [0.29, 0.717) is 24.0 Å². The van der Waals surface area contributed by atoms with E-state index in [4.69, 9.17) is 9.47 Å². The Kier molecular flexibility index (Phi) is 3.74. The average molecular weight is 285 g/mol. The molecule has 1 aromatic rings. The van der Waals surface area contributed by atoms with E-state index in [2.05, 4.69) is 41.9 Å². The summed E-state index contributed by atoms with van der Waals surface area (Å²) < 4.78 is 11.1. The average Bonchev–Trinajstić information content (AvgIpc) is 2.27. The molecular weight excluding hydrogens is 268 g/mol. The summed E-state index contributed by atoms with van der Waals surface area (Å²) in [5.74, 6) is 2.41. The van der Waals surface area contributed by atoms with Crippen molar-refractivity contribution in [3.8, 4) is 11.5 Å². The molecule has 1 heterocycles. The minimum absolute atomic E-state index is 0.392. The first-order valence-corrected chi connectivity index (χ1v) is 6.62. The summed E-state index contributed by atoms with van der Waals surface area (Å²) in [6.45, 7) is 5.75. The number of alkyl halides is 1. The first-order chi connectivity index (χ1) is 7.66. The van der Waals surface area contributed by atoms with Crippen molar-refractivity contribution >= 4 is 15.9 Å². The molecule has 1 atom stereocenters. The van der Waals surface area contributed by atoms with Crippen molar-refractivity contribution in [2.45, 2.75) is 25.1 Å². The van der Waals surface area contributed by atoms with Crippen LogP contribution in [0.1, 0.15) is 30.7 Å². The van der Waals surface area contributed by atoms with Gasteiger partial charge in [0.25, 0.3) is 0 Å². The Morgan fingerprint density at radius 3 is 2.56 bits per heavy atom. The van der Waals surface area contributed by atoms with Gasteiger partial charge in [-0.1, -0.05) is 35.8 Å². The normalized spacial score (nSPS) is 16.2. The maximum Gasteiger partial charge on any atom is 0.161 e. The second-order valence-electron chi connectivity index (χ2n) is 4.50. The largest absolute Gasteiger partial charge is 0.486 e. The summed E-state index contributed by atoms with van der Waals surface area (Å²) >= 11 is 3.72. The van der Waals surface area contributed by atoms with E-state index in [9.17, 15) is 0 Å². The quantitative estimate of drug-likeness (QED) is 0.783. The van der Waals surface area contributed by atoms with Gasteiger partial charge >= 0.3 is 0 Å². The molecular formula is C13H17BrO2. The summed E-state index contributed by atoms with van der Waals surface area (Å²) in [5, 5.41) is 0. The van der Waals surface area contributed by atoms with E-state index in [-0.39, 0.29) is 0 Å². The molecule has 0 radical (unpaired) electrons. The standard InChI is InChI=1S/C13H17BrO2/c1-9(2)7-11(14)10-3-4-12-13(8-10)16-6-5-15-12/h3-4,8-9,11H,5-7H2,1-2H3. The van der Waals surface area contributed by atoms with Crippen LogP contribution in [0.2, 0.25) is 0 Å². The number of rotatable bonds is 3. The Labute approximate surface area is 105 Å². The Hall–Kier alpha value is -0.700. The molecule has 0 fully saturated rings. The number of hydrogen-bond acceptors (Lipinski definition) is 2. The molecule has 0 saturated heterocycles. The minimum Gasteiger partial charge on any atom is -0.486 e. The van der Waals surface area contributed by atoms with Gasteiger partial charge < -0.3 is 9.47 Å². The second kappa shape index (κ2) is 5.09. The second-order valence-corrected chi connectivity index (χ2v) is 5.61. The van der Waals surface area contributed by atoms with E-state index in [1.165, 1.54) is 5.56 Å². The van der Waals surface area contributed by atoms with Gasteiger partial charge in [-0.05, 0) is 30.0 Å². The lowest BCUT2D eigenvalue weighted by Gasteiger charge is -2.20. The molecule has 2 rings (SSSR count). The van der Waals surface area contributed by atoms with Crippen molar-refractivity contribution in [1.82, 2.24) is 0 Å². The van der Waals surface area contributed by atoms with Crippen molar-refractivity contribution in [2.24, 2.45) is 5.92 Å². The van der Waals surface area contributed by atoms with Gasteiger partial charge in [0.2, 0.25) is 0 Å². The maximum absolute atomic E-state index is 5.57. The van der Waals surface area contributed by atoms with Gasteiger partial charge in [0, 0.05) is 4.83 Å². The van der Waals surface area contributed by atoms with E-state index >= 15 is 0 Å². The summed E-state index contributed by atoms with van der Waals surface area (Å²) in [7, 11) is 0. The lowest BCUT2D eigenvalue weighted by Crippen LogP contribution is -2.15. The highest BCUT2D eigenvalue weighted by atomic mass is 79.9. The predicted octanol–water partition coefficient (Wildman–Crippen LogP) is 3.94. The van der Waals surface area contributed by atoms with Gasteiger partial charge in [-0.15, -0.1) is 0 Å². The third-order valence-corrected chi connectivity index (χ3v) is 3.51. The zero-order chi connectivity index (χ0) is 11.5. The van der Waals surface area contributed by atoms with Crippen LogP contribution < -0.4 is 9.47 Å². The number of benzene rings is 1. The summed E-state index contributed by atoms with van der Waals surface area (Å²) in [6, 6.07) is 6.18. The van der Waals surface area contributed by atoms with Gasteiger partial charge in [-0.2, -0.15) is 0 Å². The highest BCUT2D eigenvalue weighted by molar-refractivity contribution is 9.09. The molecule has 2 nitrogen and oxygen atoms in total. The van der Waals surface area contributed by atoms with Crippen LogP contribution in [-0.4, -0.2) is 13.2 Å². The maximum atomic E-state index is 5.57. The van der Waals surface area contributed by atoms with Crippen molar-refractivity contribution in [3.05, 3.63) is 23.8 Å². The molecule has 0 saturated carbocycles. The summed E-state index contributed by atoms with van der Waals surface area (Å²) in [5.41, 5.74) is 1.26.